The number of amides is 1. The molecule has 1 heterocycles. The number of nitrogens with one attached hydrogen (secondary N) is 1. The molecule has 0 unspecified atom stereocenters. The number of hydrogen-bond acceptors (Lipinski definition) is 3. The highest BCUT2D eigenvalue weighted by atomic mass is 35.5. The van der Waals surface area contributed by atoms with Gasteiger partial charge in [-0.1, -0.05) is 23.2 Å². The lowest BCUT2D eigenvalue weighted by Gasteiger charge is -2.01. The van der Waals surface area contributed by atoms with E-state index in [9.17, 15) is 9.18 Å². The average molecular weight is 377 g/mol. The summed E-state index contributed by atoms with van der Waals surface area (Å²) in [6.07, 6.45) is 1.36. The average Bonchev–Trinajstić information content (AvgIpc) is 3.04. The van der Waals surface area contributed by atoms with Gasteiger partial charge in [0.25, 0.3) is 5.91 Å². The molecule has 0 saturated heterocycles. The number of carbonyl (C=O) groups is 1. The van der Waals surface area contributed by atoms with Crippen LogP contribution in [0.2, 0.25) is 10.0 Å². The van der Waals surface area contributed by atoms with Crippen molar-refractivity contribution in [1.82, 2.24) is 5.43 Å². The molecule has 0 bridgehead atoms. The van der Waals surface area contributed by atoms with Crippen molar-refractivity contribution in [1.29, 1.82) is 0 Å². The highest BCUT2D eigenvalue weighted by Gasteiger charge is 2.09. The molecule has 0 atom stereocenters. The molecule has 0 radical (unpaired) electrons. The van der Waals surface area contributed by atoms with E-state index in [0.29, 0.717) is 32.7 Å². The molecule has 7 heteroatoms. The lowest BCUT2D eigenvalue weighted by atomic mass is 10.2. The number of benzene rings is 2. The molecule has 0 aliphatic rings. The van der Waals surface area contributed by atoms with E-state index in [2.05, 4.69) is 10.5 Å². The zero-order valence-electron chi connectivity index (χ0n) is 12.7. The van der Waals surface area contributed by atoms with Gasteiger partial charge < -0.3 is 4.42 Å². The zero-order valence-corrected chi connectivity index (χ0v) is 14.2. The van der Waals surface area contributed by atoms with Crippen molar-refractivity contribution in [2.24, 2.45) is 5.10 Å². The van der Waals surface area contributed by atoms with E-state index < -0.39 is 11.7 Å². The van der Waals surface area contributed by atoms with Crippen LogP contribution in [0, 0.1) is 5.82 Å². The molecule has 126 valence electrons. The first-order valence-corrected chi connectivity index (χ1v) is 7.93. The smallest absolute Gasteiger partial charge is 0.271 e. The maximum atomic E-state index is 12.8. The fraction of sp³-hybridized carbons (Fsp3) is 0. The monoisotopic (exact) mass is 376 g/mol. The minimum absolute atomic E-state index is 0.298. The van der Waals surface area contributed by atoms with Crippen LogP contribution in [0.1, 0.15) is 16.1 Å². The van der Waals surface area contributed by atoms with Crippen LogP contribution < -0.4 is 5.43 Å². The Morgan fingerprint density at radius 2 is 1.84 bits per heavy atom. The fourth-order valence-electron chi connectivity index (χ4n) is 2.08. The van der Waals surface area contributed by atoms with Crippen molar-refractivity contribution < 1.29 is 13.6 Å². The second-order valence-electron chi connectivity index (χ2n) is 5.03. The van der Waals surface area contributed by atoms with Gasteiger partial charge in [0.15, 0.2) is 0 Å². The highest BCUT2D eigenvalue weighted by Crippen LogP contribution is 2.31. The Hall–Kier alpha value is -2.63. The van der Waals surface area contributed by atoms with Crippen molar-refractivity contribution >= 4 is 35.3 Å². The second-order valence-corrected chi connectivity index (χ2v) is 5.88. The van der Waals surface area contributed by atoms with Gasteiger partial charge in [0.2, 0.25) is 0 Å². The van der Waals surface area contributed by atoms with Crippen molar-refractivity contribution in [2.75, 3.05) is 0 Å². The Labute approximate surface area is 152 Å². The third-order valence-corrected chi connectivity index (χ3v) is 3.84. The van der Waals surface area contributed by atoms with E-state index in [4.69, 9.17) is 27.6 Å². The quantitative estimate of drug-likeness (QED) is 0.505. The van der Waals surface area contributed by atoms with Gasteiger partial charge >= 0.3 is 0 Å². The van der Waals surface area contributed by atoms with Gasteiger partial charge in [-0.25, -0.2) is 9.82 Å². The van der Waals surface area contributed by atoms with Crippen molar-refractivity contribution in [3.63, 3.8) is 0 Å². The van der Waals surface area contributed by atoms with E-state index in [1.807, 2.05) is 0 Å². The summed E-state index contributed by atoms with van der Waals surface area (Å²) < 4.78 is 18.4. The lowest BCUT2D eigenvalue weighted by Crippen LogP contribution is -2.17. The highest BCUT2D eigenvalue weighted by molar-refractivity contribution is 6.36. The van der Waals surface area contributed by atoms with Crippen molar-refractivity contribution in [3.05, 3.63) is 81.8 Å². The standard InChI is InChI=1S/C18H11Cl2FN2O2/c19-12-3-7-15(16(20)9-12)17-8-6-14(25-17)10-22-23-18(24)11-1-4-13(21)5-2-11/h1-10H,(H,23,24). The Kier molecular flexibility index (Phi) is 5.16. The fourth-order valence-corrected chi connectivity index (χ4v) is 2.58. The first-order chi connectivity index (χ1) is 12.0. The van der Waals surface area contributed by atoms with Crippen LogP contribution in [0.25, 0.3) is 11.3 Å². The molecule has 0 spiro atoms. The normalized spacial score (nSPS) is 11.0. The topological polar surface area (TPSA) is 54.6 Å². The van der Waals surface area contributed by atoms with Crippen LogP contribution in [0.3, 0.4) is 0 Å². The van der Waals surface area contributed by atoms with Gasteiger partial charge in [0, 0.05) is 16.1 Å². The van der Waals surface area contributed by atoms with Gasteiger partial charge in [-0.15, -0.1) is 0 Å². The zero-order chi connectivity index (χ0) is 17.8. The Morgan fingerprint density at radius 1 is 1.08 bits per heavy atom. The molecular formula is C18H11Cl2FN2O2. The molecule has 3 rings (SSSR count). The predicted molar refractivity (Wildman–Crippen MR) is 95.6 cm³/mol. The molecule has 3 aromatic rings. The number of nitrogens with zero attached hydrogens (tertiary/aromatic N) is 1. The Morgan fingerprint density at radius 3 is 2.56 bits per heavy atom. The third kappa shape index (κ3) is 4.26. The number of halogens is 3. The van der Waals surface area contributed by atoms with Crippen LogP contribution in [0.15, 0.2) is 64.1 Å². The van der Waals surface area contributed by atoms with Crippen LogP contribution in [-0.2, 0) is 0 Å². The molecule has 2 aromatic carbocycles. The molecule has 25 heavy (non-hydrogen) atoms. The first kappa shape index (κ1) is 17.2. The molecule has 0 fully saturated rings. The largest absolute Gasteiger partial charge is 0.455 e. The first-order valence-electron chi connectivity index (χ1n) is 7.17. The van der Waals surface area contributed by atoms with Gasteiger partial charge in [0.1, 0.15) is 17.3 Å². The van der Waals surface area contributed by atoms with E-state index in [1.54, 1.807) is 30.3 Å². The number of rotatable bonds is 4. The number of furan rings is 1. The predicted octanol–water partition coefficient (Wildman–Crippen LogP) is 5.16. The number of hydrazone groups is 1. The summed E-state index contributed by atoms with van der Waals surface area (Å²) in [5, 5.41) is 4.82. The molecule has 0 aliphatic heterocycles. The van der Waals surface area contributed by atoms with E-state index in [0.717, 1.165) is 0 Å². The van der Waals surface area contributed by atoms with Gasteiger partial charge in [-0.2, -0.15) is 5.10 Å². The summed E-state index contributed by atoms with van der Waals surface area (Å²) in [5.74, 6) is 0.112. The molecule has 0 aliphatic carbocycles. The molecule has 4 nitrogen and oxygen atoms in total. The van der Waals surface area contributed by atoms with Crippen molar-refractivity contribution in [3.8, 4) is 11.3 Å². The summed E-state index contributed by atoms with van der Waals surface area (Å²) in [4.78, 5) is 11.8. The molecule has 1 amide bonds. The SMILES string of the molecule is O=C(NN=Cc1ccc(-c2ccc(Cl)cc2Cl)o1)c1ccc(F)cc1. The maximum Gasteiger partial charge on any atom is 0.271 e. The summed E-state index contributed by atoms with van der Waals surface area (Å²) in [6.45, 7) is 0. The minimum Gasteiger partial charge on any atom is -0.455 e. The van der Waals surface area contributed by atoms with Gasteiger partial charge in [0.05, 0.1) is 11.2 Å². The Balaban J connectivity index is 1.67. The second kappa shape index (κ2) is 7.51. The molecular weight excluding hydrogens is 366 g/mol. The van der Waals surface area contributed by atoms with Crippen LogP contribution in [0.5, 0.6) is 0 Å². The minimum atomic E-state index is -0.455. The number of hydrogen-bond donors (Lipinski definition) is 1. The van der Waals surface area contributed by atoms with E-state index in [-0.39, 0.29) is 0 Å². The third-order valence-electron chi connectivity index (χ3n) is 3.29. The summed E-state index contributed by atoms with van der Waals surface area (Å²) in [6, 6.07) is 13.6. The van der Waals surface area contributed by atoms with Crippen molar-refractivity contribution in [2.45, 2.75) is 0 Å². The molecule has 0 saturated carbocycles. The van der Waals surface area contributed by atoms with E-state index in [1.165, 1.54) is 30.5 Å². The molecule has 1 N–H and O–H groups in total. The van der Waals surface area contributed by atoms with Crippen LogP contribution >= 0.6 is 23.2 Å². The van der Waals surface area contributed by atoms with Gasteiger partial charge in [-0.3, -0.25) is 4.79 Å². The number of carbonyl (C=O) groups excluding carboxylic acids is 1. The molecule has 1 aromatic heterocycles. The van der Waals surface area contributed by atoms with Crippen LogP contribution in [0.4, 0.5) is 4.39 Å². The van der Waals surface area contributed by atoms with E-state index >= 15 is 0 Å². The maximum absolute atomic E-state index is 12.8. The summed E-state index contributed by atoms with van der Waals surface area (Å²) in [7, 11) is 0. The summed E-state index contributed by atoms with van der Waals surface area (Å²) >= 11 is 12.0. The Bertz CT molecular complexity index is 937. The summed E-state index contributed by atoms with van der Waals surface area (Å²) in [5.41, 5.74) is 3.33. The van der Waals surface area contributed by atoms with Gasteiger partial charge in [-0.05, 0) is 54.6 Å². The lowest BCUT2D eigenvalue weighted by molar-refractivity contribution is 0.0955. The van der Waals surface area contributed by atoms with Crippen LogP contribution in [-0.4, -0.2) is 12.1 Å².